The number of ether oxygens (including phenoxy) is 1. The summed E-state index contributed by atoms with van der Waals surface area (Å²) in [6, 6.07) is 1.89. The highest BCUT2D eigenvalue weighted by atomic mass is 16.5. The van der Waals surface area contributed by atoms with Crippen molar-refractivity contribution in [3.05, 3.63) is 23.7 Å². The Kier molecular flexibility index (Phi) is 2.55. The first-order chi connectivity index (χ1) is 5.64. The first-order valence-corrected chi connectivity index (χ1v) is 3.94. The first-order valence-electron chi connectivity index (χ1n) is 3.94. The Morgan fingerprint density at radius 1 is 1.67 bits per heavy atom. The van der Waals surface area contributed by atoms with Gasteiger partial charge in [0.2, 0.25) is 0 Å². The summed E-state index contributed by atoms with van der Waals surface area (Å²) in [5.41, 5.74) is 6.21. The van der Waals surface area contributed by atoms with E-state index in [4.69, 9.17) is 14.9 Å². The molecule has 1 unspecified atom stereocenters. The van der Waals surface area contributed by atoms with Gasteiger partial charge in [-0.2, -0.15) is 0 Å². The van der Waals surface area contributed by atoms with Crippen LogP contribution in [0.15, 0.2) is 16.7 Å². The Bertz CT molecular complexity index is 251. The molecule has 2 N–H and O–H groups in total. The molecular weight excluding hydrogens is 154 g/mol. The van der Waals surface area contributed by atoms with E-state index < -0.39 is 5.60 Å². The van der Waals surface area contributed by atoms with E-state index in [9.17, 15) is 0 Å². The molecule has 0 aliphatic carbocycles. The summed E-state index contributed by atoms with van der Waals surface area (Å²) >= 11 is 0. The maximum Gasteiger partial charge on any atom is 0.106 e. The van der Waals surface area contributed by atoms with Crippen molar-refractivity contribution in [1.82, 2.24) is 0 Å². The molecule has 0 saturated carbocycles. The summed E-state index contributed by atoms with van der Waals surface area (Å²) in [4.78, 5) is 0. The van der Waals surface area contributed by atoms with Crippen molar-refractivity contribution in [2.75, 3.05) is 13.7 Å². The molecule has 0 saturated heterocycles. The van der Waals surface area contributed by atoms with Crippen molar-refractivity contribution in [1.29, 1.82) is 0 Å². The van der Waals surface area contributed by atoms with Crippen LogP contribution in [-0.4, -0.2) is 13.7 Å². The van der Waals surface area contributed by atoms with Crippen LogP contribution in [0.1, 0.15) is 18.2 Å². The number of nitrogens with two attached hydrogens (primary N) is 1. The molecule has 3 nitrogen and oxygen atoms in total. The maximum atomic E-state index is 5.61. The monoisotopic (exact) mass is 169 g/mol. The van der Waals surface area contributed by atoms with E-state index in [2.05, 4.69) is 0 Å². The molecule has 0 amide bonds. The van der Waals surface area contributed by atoms with Gasteiger partial charge in [-0.05, 0) is 19.9 Å². The van der Waals surface area contributed by atoms with Gasteiger partial charge in [0.05, 0.1) is 6.26 Å². The second-order valence-electron chi connectivity index (χ2n) is 3.03. The van der Waals surface area contributed by atoms with Crippen LogP contribution in [0, 0.1) is 6.92 Å². The molecule has 1 aromatic rings. The zero-order chi connectivity index (χ0) is 9.19. The van der Waals surface area contributed by atoms with Gasteiger partial charge >= 0.3 is 0 Å². The van der Waals surface area contributed by atoms with Gasteiger partial charge in [0.25, 0.3) is 0 Å². The molecule has 12 heavy (non-hydrogen) atoms. The molecule has 1 heterocycles. The molecule has 1 aromatic heterocycles. The number of methoxy groups -OCH3 is 1. The number of hydrogen-bond donors (Lipinski definition) is 1. The minimum atomic E-state index is -0.420. The quantitative estimate of drug-likeness (QED) is 0.744. The van der Waals surface area contributed by atoms with Crippen LogP contribution in [0.3, 0.4) is 0 Å². The fourth-order valence-corrected chi connectivity index (χ4v) is 1.24. The predicted octanol–water partition coefficient (Wildman–Crippen LogP) is 1.41. The predicted molar refractivity (Wildman–Crippen MR) is 46.9 cm³/mol. The standard InChI is InChI=1S/C9H15NO2/c1-7-8(4-5-12-7)9(2,6-10)11-3/h4-5H,6,10H2,1-3H3. The molecule has 0 radical (unpaired) electrons. The molecule has 0 bridgehead atoms. The van der Waals surface area contributed by atoms with Crippen molar-refractivity contribution >= 4 is 0 Å². The minimum absolute atomic E-state index is 0.420. The first kappa shape index (κ1) is 9.29. The Hall–Kier alpha value is -0.800. The second-order valence-corrected chi connectivity index (χ2v) is 3.03. The summed E-state index contributed by atoms with van der Waals surface area (Å²) in [5, 5.41) is 0. The molecule has 1 atom stereocenters. The van der Waals surface area contributed by atoms with E-state index >= 15 is 0 Å². The summed E-state index contributed by atoms with van der Waals surface area (Å²) < 4.78 is 10.5. The van der Waals surface area contributed by atoms with E-state index in [0.717, 1.165) is 11.3 Å². The van der Waals surface area contributed by atoms with Crippen LogP contribution in [0.25, 0.3) is 0 Å². The highest BCUT2D eigenvalue weighted by Gasteiger charge is 2.27. The molecule has 3 heteroatoms. The van der Waals surface area contributed by atoms with Gasteiger partial charge in [0, 0.05) is 19.2 Å². The molecule has 0 aliphatic rings. The highest BCUT2D eigenvalue weighted by molar-refractivity contribution is 5.23. The normalized spacial score (nSPS) is 16.0. The zero-order valence-electron chi connectivity index (χ0n) is 7.76. The van der Waals surface area contributed by atoms with Crippen molar-refractivity contribution in [2.24, 2.45) is 5.73 Å². The fourth-order valence-electron chi connectivity index (χ4n) is 1.24. The lowest BCUT2D eigenvalue weighted by molar-refractivity contribution is 0.00893. The molecule has 68 valence electrons. The lowest BCUT2D eigenvalue weighted by atomic mass is 9.97. The maximum absolute atomic E-state index is 5.61. The lowest BCUT2D eigenvalue weighted by Crippen LogP contribution is -2.33. The van der Waals surface area contributed by atoms with Crippen molar-refractivity contribution in [2.45, 2.75) is 19.4 Å². The SMILES string of the molecule is COC(C)(CN)c1ccoc1C. The highest BCUT2D eigenvalue weighted by Crippen LogP contribution is 2.26. The van der Waals surface area contributed by atoms with Gasteiger partial charge in [0.15, 0.2) is 0 Å². The Balaban J connectivity index is 3.02. The smallest absolute Gasteiger partial charge is 0.106 e. The average molecular weight is 169 g/mol. The van der Waals surface area contributed by atoms with Crippen LogP contribution >= 0.6 is 0 Å². The molecular formula is C9H15NO2. The molecule has 0 fully saturated rings. The van der Waals surface area contributed by atoms with E-state index in [1.807, 2.05) is 19.9 Å². The van der Waals surface area contributed by atoms with Crippen LogP contribution in [-0.2, 0) is 10.3 Å². The van der Waals surface area contributed by atoms with Gasteiger partial charge in [-0.15, -0.1) is 0 Å². The Morgan fingerprint density at radius 3 is 2.67 bits per heavy atom. The van der Waals surface area contributed by atoms with Gasteiger partial charge in [-0.25, -0.2) is 0 Å². The summed E-state index contributed by atoms with van der Waals surface area (Å²) in [5.74, 6) is 0.866. The number of furan rings is 1. The average Bonchev–Trinajstić information content (AvgIpc) is 2.51. The van der Waals surface area contributed by atoms with Crippen LogP contribution in [0.5, 0.6) is 0 Å². The molecule has 1 rings (SSSR count). The van der Waals surface area contributed by atoms with Crippen LogP contribution in [0.4, 0.5) is 0 Å². The number of hydrogen-bond acceptors (Lipinski definition) is 3. The Labute approximate surface area is 72.5 Å². The van der Waals surface area contributed by atoms with E-state index in [1.54, 1.807) is 13.4 Å². The molecule has 0 aliphatic heterocycles. The fraction of sp³-hybridized carbons (Fsp3) is 0.556. The third-order valence-electron chi connectivity index (χ3n) is 2.27. The third kappa shape index (κ3) is 1.38. The minimum Gasteiger partial charge on any atom is -0.469 e. The van der Waals surface area contributed by atoms with Crippen molar-refractivity contribution < 1.29 is 9.15 Å². The van der Waals surface area contributed by atoms with Crippen LogP contribution < -0.4 is 5.73 Å². The third-order valence-corrected chi connectivity index (χ3v) is 2.27. The lowest BCUT2D eigenvalue weighted by Gasteiger charge is -2.25. The van der Waals surface area contributed by atoms with Crippen molar-refractivity contribution in [3.8, 4) is 0 Å². The molecule has 0 spiro atoms. The van der Waals surface area contributed by atoms with E-state index in [-0.39, 0.29) is 0 Å². The van der Waals surface area contributed by atoms with E-state index in [1.165, 1.54) is 0 Å². The summed E-state index contributed by atoms with van der Waals surface area (Å²) in [6.07, 6.45) is 1.65. The number of rotatable bonds is 3. The largest absolute Gasteiger partial charge is 0.469 e. The van der Waals surface area contributed by atoms with Gasteiger partial charge < -0.3 is 14.9 Å². The van der Waals surface area contributed by atoms with Gasteiger partial charge in [-0.1, -0.05) is 0 Å². The van der Waals surface area contributed by atoms with Gasteiger partial charge in [-0.3, -0.25) is 0 Å². The summed E-state index contributed by atoms with van der Waals surface area (Å²) in [6.45, 7) is 4.30. The zero-order valence-corrected chi connectivity index (χ0v) is 7.76. The van der Waals surface area contributed by atoms with Gasteiger partial charge in [0.1, 0.15) is 11.4 Å². The summed E-state index contributed by atoms with van der Waals surface area (Å²) in [7, 11) is 1.65. The van der Waals surface area contributed by atoms with Crippen LogP contribution in [0.2, 0.25) is 0 Å². The second kappa shape index (κ2) is 3.29. The Morgan fingerprint density at radius 2 is 2.33 bits per heavy atom. The van der Waals surface area contributed by atoms with Crippen molar-refractivity contribution in [3.63, 3.8) is 0 Å². The van der Waals surface area contributed by atoms with E-state index in [0.29, 0.717) is 6.54 Å². The molecule has 0 aromatic carbocycles. The number of aryl methyl sites for hydroxylation is 1. The topological polar surface area (TPSA) is 48.4 Å².